The molecule has 0 N–H and O–H groups in total. The van der Waals surface area contributed by atoms with Crippen LogP contribution in [0.25, 0.3) is 10.4 Å². The highest BCUT2D eigenvalue weighted by Gasteiger charge is 2.16. The smallest absolute Gasteiger partial charge is 0.194 e. The van der Waals surface area contributed by atoms with Crippen LogP contribution in [0.5, 0.6) is 11.5 Å². The highest BCUT2D eigenvalue weighted by Crippen LogP contribution is 2.32. The number of hydrogen-bond acceptors (Lipinski definition) is 4. The number of benzene rings is 2. The lowest BCUT2D eigenvalue weighted by atomic mass is 10.0. The van der Waals surface area contributed by atoms with Crippen LogP contribution in [0.15, 0.2) is 53.9 Å². The summed E-state index contributed by atoms with van der Waals surface area (Å²) < 4.78 is 10.7. The zero-order chi connectivity index (χ0) is 17.1. The number of hydrogen-bond donors (Lipinski definition) is 0. The van der Waals surface area contributed by atoms with E-state index in [0.717, 1.165) is 16.0 Å². The Morgan fingerprint density at radius 1 is 0.917 bits per heavy atom. The van der Waals surface area contributed by atoms with Crippen LogP contribution < -0.4 is 9.47 Å². The maximum atomic E-state index is 12.8. The van der Waals surface area contributed by atoms with Gasteiger partial charge in [0.1, 0.15) is 11.5 Å². The quantitative estimate of drug-likeness (QED) is 0.616. The molecule has 4 heteroatoms. The predicted molar refractivity (Wildman–Crippen MR) is 97.5 cm³/mol. The molecular weight excluding hydrogens is 320 g/mol. The lowest BCUT2D eigenvalue weighted by molar-refractivity contribution is 0.103. The molecule has 0 radical (unpaired) electrons. The Balaban J connectivity index is 1.97. The lowest BCUT2D eigenvalue weighted by Crippen LogP contribution is -2.02. The highest BCUT2D eigenvalue weighted by atomic mass is 32.1. The van der Waals surface area contributed by atoms with Gasteiger partial charge in [0.2, 0.25) is 0 Å². The van der Waals surface area contributed by atoms with Crippen molar-refractivity contribution >= 4 is 17.1 Å². The summed E-state index contributed by atoms with van der Waals surface area (Å²) in [7, 11) is 3.18. The molecule has 0 atom stereocenters. The van der Waals surface area contributed by atoms with Gasteiger partial charge in [0.05, 0.1) is 14.2 Å². The third-order valence-corrected chi connectivity index (χ3v) is 4.91. The molecule has 0 spiro atoms. The highest BCUT2D eigenvalue weighted by molar-refractivity contribution is 7.13. The molecule has 1 aromatic heterocycles. The van der Waals surface area contributed by atoms with Crippen molar-refractivity contribution < 1.29 is 14.3 Å². The van der Waals surface area contributed by atoms with Crippen molar-refractivity contribution in [1.82, 2.24) is 0 Å². The molecular formula is C20H18O3S. The zero-order valence-electron chi connectivity index (χ0n) is 13.8. The largest absolute Gasteiger partial charge is 0.496 e. The molecule has 1 heterocycles. The van der Waals surface area contributed by atoms with E-state index in [4.69, 9.17) is 9.47 Å². The first-order chi connectivity index (χ1) is 11.6. The summed E-state index contributed by atoms with van der Waals surface area (Å²) >= 11 is 1.57. The minimum Gasteiger partial charge on any atom is -0.496 e. The van der Waals surface area contributed by atoms with E-state index in [-0.39, 0.29) is 5.78 Å². The van der Waals surface area contributed by atoms with Crippen LogP contribution >= 0.6 is 11.3 Å². The molecule has 122 valence electrons. The molecule has 0 saturated heterocycles. The summed E-state index contributed by atoms with van der Waals surface area (Å²) in [5.74, 6) is 1.26. The van der Waals surface area contributed by atoms with Gasteiger partial charge in [0, 0.05) is 26.9 Å². The van der Waals surface area contributed by atoms with Crippen LogP contribution in [0.1, 0.15) is 21.5 Å². The van der Waals surface area contributed by atoms with Crippen LogP contribution in [0.4, 0.5) is 0 Å². The maximum absolute atomic E-state index is 12.8. The second-order valence-electron chi connectivity index (χ2n) is 5.40. The van der Waals surface area contributed by atoms with Crippen LogP contribution in [-0.2, 0) is 0 Å². The van der Waals surface area contributed by atoms with Gasteiger partial charge in [0.25, 0.3) is 0 Å². The molecule has 0 saturated carbocycles. The number of carbonyl (C=O) groups excluding carboxylic acids is 1. The number of ether oxygens (including phenoxy) is 2. The number of ketones is 1. The fraction of sp³-hybridized carbons (Fsp3) is 0.150. The maximum Gasteiger partial charge on any atom is 0.194 e. The van der Waals surface area contributed by atoms with E-state index in [1.807, 2.05) is 48.7 Å². The van der Waals surface area contributed by atoms with Gasteiger partial charge in [-0.15, -0.1) is 11.3 Å². The molecule has 0 aliphatic rings. The van der Waals surface area contributed by atoms with Gasteiger partial charge in [-0.05, 0) is 30.7 Å². The Hall–Kier alpha value is -2.59. The average molecular weight is 338 g/mol. The predicted octanol–water partition coefficient (Wildman–Crippen LogP) is 4.97. The summed E-state index contributed by atoms with van der Waals surface area (Å²) in [4.78, 5) is 13.9. The molecule has 0 fully saturated rings. The number of rotatable bonds is 5. The van der Waals surface area contributed by atoms with E-state index in [0.29, 0.717) is 22.6 Å². The van der Waals surface area contributed by atoms with Gasteiger partial charge in [-0.1, -0.05) is 30.3 Å². The topological polar surface area (TPSA) is 35.5 Å². The number of carbonyl (C=O) groups is 1. The van der Waals surface area contributed by atoms with Gasteiger partial charge < -0.3 is 9.47 Å². The summed E-state index contributed by atoms with van der Waals surface area (Å²) in [5.41, 5.74) is 3.23. The van der Waals surface area contributed by atoms with Gasteiger partial charge in [0.15, 0.2) is 5.78 Å². The fourth-order valence-electron chi connectivity index (χ4n) is 2.59. The zero-order valence-corrected chi connectivity index (χ0v) is 14.6. The van der Waals surface area contributed by atoms with E-state index in [1.54, 1.807) is 37.7 Å². The van der Waals surface area contributed by atoms with Crippen molar-refractivity contribution in [2.24, 2.45) is 0 Å². The summed E-state index contributed by atoms with van der Waals surface area (Å²) in [6.07, 6.45) is 0. The van der Waals surface area contributed by atoms with E-state index in [9.17, 15) is 4.79 Å². The standard InChI is InChI=1S/C20H18O3S/c1-13-17(22-2)9-15(10-18(13)23-3)20(21)16-11-19(24-12-16)14-7-5-4-6-8-14/h4-12H,1-3H3. The summed E-state index contributed by atoms with van der Waals surface area (Å²) in [6.45, 7) is 1.91. The Morgan fingerprint density at radius 3 is 2.12 bits per heavy atom. The van der Waals surface area contributed by atoms with E-state index in [2.05, 4.69) is 0 Å². The van der Waals surface area contributed by atoms with Crippen molar-refractivity contribution in [3.8, 4) is 21.9 Å². The molecule has 3 aromatic rings. The van der Waals surface area contributed by atoms with Crippen molar-refractivity contribution in [1.29, 1.82) is 0 Å². The Morgan fingerprint density at radius 2 is 1.54 bits per heavy atom. The van der Waals surface area contributed by atoms with Gasteiger partial charge in [-0.3, -0.25) is 4.79 Å². The molecule has 0 bridgehead atoms. The van der Waals surface area contributed by atoms with E-state index in [1.165, 1.54) is 0 Å². The SMILES string of the molecule is COc1cc(C(=O)c2csc(-c3ccccc3)c2)cc(OC)c1C. The average Bonchev–Trinajstić information content (AvgIpc) is 3.12. The first-order valence-electron chi connectivity index (χ1n) is 7.55. The molecule has 0 amide bonds. The Kier molecular flexibility index (Phi) is 4.67. The third kappa shape index (κ3) is 3.05. The lowest BCUT2D eigenvalue weighted by Gasteiger charge is -2.11. The van der Waals surface area contributed by atoms with Crippen molar-refractivity contribution in [2.75, 3.05) is 14.2 Å². The van der Waals surface area contributed by atoms with Crippen molar-refractivity contribution in [3.63, 3.8) is 0 Å². The minimum atomic E-state index is -0.0370. The molecule has 3 rings (SSSR count). The molecule has 2 aromatic carbocycles. The number of methoxy groups -OCH3 is 2. The first-order valence-corrected chi connectivity index (χ1v) is 8.43. The third-order valence-electron chi connectivity index (χ3n) is 3.93. The second-order valence-corrected chi connectivity index (χ2v) is 6.31. The van der Waals surface area contributed by atoms with E-state index < -0.39 is 0 Å². The fourth-order valence-corrected chi connectivity index (χ4v) is 3.49. The van der Waals surface area contributed by atoms with Gasteiger partial charge >= 0.3 is 0 Å². The van der Waals surface area contributed by atoms with Crippen molar-refractivity contribution in [3.05, 3.63) is 70.6 Å². The van der Waals surface area contributed by atoms with E-state index >= 15 is 0 Å². The summed E-state index contributed by atoms with van der Waals surface area (Å²) in [5, 5.41) is 1.89. The van der Waals surface area contributed by atoms with Crippen LogP contribution in [0.2, 0.25) is 0 Å². The molecule has 24 heavy (non-hydrogen) atoms. The Bertz CT molecular complexity index is 841. The number of thiophene rings is 1. The van der Waals surface area contributed by atoms with Crippen LogP contribution in [0, 0.1) is 6.92 Å². The normalized spacial score (nSPS) is 10.5. The molecule has 0 aliphatic heterocycles. The molecule has 0 unspecified atom stereocenters. The molecule has 3 nitrogen and oxygen atoms in total. The minimum absolute atomic E-state index is 0.0370. The van der Waals surface area contributed by atoms with Crippen LogP contribution in [0.3, 0.4) is 0 Å². The second kappa shape index (κ2) is 6.89. The Labute approximate surface area is 145 Å². The van der Waals surface area contributed by atoms with Gasteiger partial charge in [-0.2, -0.15) is 0 Å². The monoisotopic (exact) mass is 338 g/mol. The van der Waals surface area contributed by atoms with Crippen LogP contribution in [-0.4, -0.2) is 20.0 Å². The first kappa shape index (κ1) is 16.3. The van der Waals surface area contributed by atoms with Gasteiger partial charge in [-0.25, -0.2) is 0 Å². The molecule has 0 aliphatic carbocycles. The van der Waals surface area contributed by atoms with Crippen molar-refractivity contribution in [2.45, 2.75) is 6.92 Å². The summed E-state index contributed by atoms with van der Waals surface area (Å²) in [6, 6.07) is 15.5.